The number of nitrogens with zero attached hydrogens (tertiary/aromatic N) is 2. The average Bonchev–Trinajstić information content (AvgIpc) is 3.05. The van der Waals surface area contributed by atoms with Gasteiger partial charge in [-0.05, 0) is 50.8 Å². The van der Waals surface area contributed by atoms with Crippen molar-refractivity contribution in [3.05, 3.63) is 52.8 Å². The first-order valence-electron chi connectivity index (χ1n) is 7.54. The molecule has 1 aliphatic rings. The summed E-state index contributed by atoms with van der Waals surface area (Å²) in [5.41, 5.74) is 5.25. The van der Waals surface area contributed by atoms with Gasteiger partial charge in [0.25, 0.3) is 0 Å². The normalized spacial score (nSPS) is 18.6. The fourth-order valence-corrected chi connectivity index (χ4v) is 3.12. The molecule has 106 valence electrons. The van der Waals surface area contributed by atoms with Crippen LogP contribution in [0.25, 0.3) is 0 Å². The van der Waals surface area contributed by atoms with E-state index in [9.17, 15) is 0 Å². The van der Waals surface area contributed by atoms with Crippen LogP contribution in [0.4, 0.5) is 0 Å². The zero-order chi connectivity index (χ0) is 13.9. The summed E-state index contributed by atoms with van der Waals surface area (Å²) >= 11 is 0. The van der Waals surface area contributed by atoms with Crippen LogP contribution in [0.3, 0.4) is 0 Å². The minimum absolute atomic E-state index is 0.641. The number of rotatable bonds is 4. The Morgan fingerprint density at radius 2 is 2.05 bits per heavy atom. The highest BCUT2D eigenvalue weighted by molar-refractivity contribution is 5.27. The summed E-state index contributed by atoms with van der Waals surface area (Å²) in [5, 5.41) is 8.32. The van der Waals surface area contributed by atoms with Crippen molar-refractivity contribution in [3.63, 3.8) is 0 Å². The van der Waals surface area contributed by atoms with E-state index in [1.54, 1.807) is 0 Å². The lowest BCUT2D eigenvalue weighted by atomic mass is 10.0. The molecule has 1 atom stereocenters. The molecule has 1 aromatic carbocycles. The maximum absolute atomic E-state index is 4.74. The largest absolute Gasteiger partial charge is 0.314 e. The van der Waals surface area contributed by atoms with E-state index in [2.05, 4.69) is 54.2 Å². The van der Waals surface area contributed by atoms with Crippen molar-refractivity contribution in [1.82, 2.24) is 15.1 Å². The first kappa shape index (κ1) is 13.4. The fourth-order valence-electron chi connectivity index (χ4n) is 3.12. The molecule has 0 spiro atoms. The predicted octanol–water partition coefficient (Wildman–Crippen LogP) is 2.84. The number of hydrogen-bond acceptors (Lipinski definition) is 2. The van der Waals surface area contributed by atoms with Crippen LogP contribution in [0.15, 0.2) is 30.3 Å². The highest BCUT2D eigenvalue weighted by atomic mass is 15.3. The third-order valence-corrected chi connectivity index (χ3v) is 4.32. The SMILES string of the molecule is Cc1nn(Cc2ccccc2)c(C)c1CC1CCCN1. The van der Waals surface area contributed by atoms with E-state index in [1.165, 1.54) is 41.9 Å². The van der Waals surface area contributed by atoms with Gasteiger partial charge in [0, 0.05) is 11.7 Å². The van der Waals surface area contributed by atoms with E-state index in [4.69, 9.17) is 5.10 Å². The minimum atomic E-state index is 0.641. The van der Waals surface area contributed by atoms with Gasteiger partial charge in [-0.1, -0.05) is 30.3 Å². The molecule has 2 heterocycles. The van der Waals surface area contributed by atoms with Crippen molar-refractivity contribution in [1.29, 1.82) is 0 Å². The standard InChI is InChI=1S/C17H23N3/c1-13-17(11-16-9-6-10-18-16)14(2)20(19-13)12-15-7-4-3-5-8-15/h3-5,7-8,16,18H,6,9-12H2,1-2H3. The van der Waals surface area contributed by atoms with E-state index in [-0.39, 0.29) is 0 Å². The van der Waals surface area contributed by atoms with Crippen LogP contribution >= 0.6 is 0 Å². The van der Waals surface area contributed by atoms with Gasteiger partial charge in [-0.15, -0.1) is 0 Å². The summed E-state index contributed by atoms with van der Waals surface area (Å²) in [5.74, 6) is 0. The average molecular weight is 269 g/mol. The van der Waals surface area contributed by atoms with E-state index < -0.39 is 0 Å². The first-order valence-corrected chi connectivity index (χ1v) is 7.54. The van der Waals surface area contributed by atoms with Crippen LogP contribution in [0, 0.1) is 13.8 Å². The van der Waals surface area contributed by atoms with Gasteiger partial charge in [-0.25, -0.2) is 0 Å². The first-order chi connectivity index (χ1) is 9.74. The maximum atomic E-state index is 4.74. The summed E-state index contributed by atoms with van der Waals surface area (Å²) in [6.45, 7) is 6.37. The predicted molar refractivity (Wildman–Crippen MR) is 82.0 cm³/mol. The molecule has 1 aromatic heterocycles. The second-order valence-electron chi connectivity index (χ2n) is 5.79. The van der Waals surface area contributed by atoms with Crippen LogP contribution < -0.4 is 5.32 Å². The van der Waals surface area contributed by atoms with Crippen molar-refractivity contribution in [2.24, 2.45) is 0 Å². The molecule has 20 heavy (non-hydrogen) atoms. The summed E-state index contributed by atoms with van der Waals surface area (Å²) < 4.78 is 2.15. The maximum Gasteiger partial charge on any atom is 0.0662 e. The van der Waals surface area contributed by atoms with Gasteiger partial charge in [0.05, 0.1) is 12.2 Å². The molecule has 0 amide bonds. The highest BCUT2D eigenvalue weighted by Gasteiger charge is 2.19. The van der Waals surface area contributed by atoms with Crippen molar-refractivity contribution in [2.45, 2.75) is 45.7 Å². The van der Waals surface area contributed by atoms with Crippen molar-refractivity contribution in [3.8, 4) is 0 Å². The van der Waals surface area contributed by atoms with E-state index in [0.29, 0.717) is 6.04 Å². The molecular weight excluding hydrogens is 246 g/mol. The van der Waals surface area contributed by atoms with Crippen LogP contribution in [-0.2, 0) is 13.0 Å². The second-order valence-corrected chi connectivity index (χ2v) is 5.79. The fraction of sp³-hybridized carbons (Fsp3) is 0.471. The van der Waals surface area contributed by atoms with Gasteiger partial charge in [0.2, 0.25) is 0 Å². The van der Waals surface area contributed by atoms with E-state index in [0.717, 1.165) is 13.0 Å². The van der Waals surface area contributed by atoms with Crippen LogP contribution in [-0.4, -0.2) is 22.4 Å². The molecule has 3 nitrogen and oxygen atoms in total. The van der Waals surface area contributed by atoms with Gasteiger partial charge in [-0.3, -0.25) is 4.68 Å². The molecule has 0 aliphatic carbocycles. The number of aryl methyl sites for hydroxylation is 1. The monoisotopic (exact) mass is 269 g/mol. The number of aromatic nitrogens is 2. The molecule has 1 saturated heterocycles. The molecule has 1 fully saturated rings. The lowest BCUT2D eigenvalue weighted by molar-refractivity contribution is 0.598. The third-order valence-electron chi connectivity index (χ3n) is 4.32. The Morgan fingerprint density at radius 3 is 2.75 bits per heavy atom. The van der Waals surface area contributed by atoms with Crippen LogP contribution in [0.5, 0.6) is 0 Å². The molecule has 0 radical (unpaired) electrons. The molecule has 0 bridgehead atoms. The zero-order valence-electron chi connectivity index (χ0n) is 12.4. The summed E-state index contributed by atoms with van der Waals surface area (Å²) in [6.07, 6.45) is 3.72. The Morgan fingerprint density at radius 1 is 1.25 bits per heavy atom. The van der Waals surface area contributed by atoms with Gasteiger partial charge in [-0.2, -0.15) is 5.10 Å². The molecule has 1 N–H and O–H groups in total. The topological polar surface area (TPSA) is 29.9 Å². The molecular formula is C17H23N3. The molecule has 3 rings (SSSR count). The summed E-state index contributed by atoms with van der Waals surface area (Å²) in [4.78, 5) is 0. The molecule has 2 aromatic rings. The Balaban J connectivity index is 1.79. The molecule has 1 unspecified atom stereocenters. The second kappa shape index (κ2) is 5.80. The molecule has 0 saturated carbocycles. The Bertz CT molecular complexity index is 565. The van der Waals surface area contributed by atoms with Gasteiger partial charge in [0.15, 0.2) is 0 Å². The highest BCUT2D eigenvalue weighted by Crippen LogP contribution is 2.19. The number of hydrogen-bond donors (Lipinski definition) is 1. The minimum Gasteiger partial charge on any atom is -0.314 e. The van der Waals surface area contributed by atoms with Crippen LogP contribution in [0.1, 0.15) is 35.4 Å². The van der Waals surface area contributed by atoms with Crippen molar-refractivity contribution in [2.75, 3.05) is 6.54 Å². The van der Waals surface area contributed by atoms with Gasteiger partial charge < -0.3 is 5.32 Å². The van der Waals surface area contributed by atoms with E-state index >= 15 is 0 Å². The van der Waals surface area contributed by atoms with E-state index in [1.807, 2.05) is 0 Å². The van der Waals surface area contributed by atoms with Gasteiger partial charge >= 0.3 is 0 Å². The Labute approximate surface area is 121 Å². The number of benzene rings is 1. The Kier molecular flexibility index (Phi) is 3.88. The number of nitrogens with one attached hydrogen (secondary N) is 1. The molecule has 1 aliphatic heterocycles. The summed E-state index contributed by atoms with van der Waals surface area (Å²) in [7, 11) is 0. The van der Waals surface area contributed by atoms with Crippen LogP contribution in [0.2, 0.25) is 0 Å². The molecule has 3 heteroatoms. The quantitative estimate of drug-likeness (QED) is 0.925. The lowest BCUT2D eigenvalue weighted by Gasteiger charge is -2.10. The summed E-state index contributed by atoms with van der Waals surface area (Å²) in [6, 6.07) is 11.2. The lowest BCUT2D eigenvalue weighted by Crippen LogP contribution is -2.24. The van der Waals surface area contributed by atoms with Gasteiger partial charge in [0.1, 0.15) is 0 Å². The Hall–Kier alpha value is -1.61. The zero-order valence-corrected chi connectivity index (χ0v) is 12.4. The third kappa shape index (κ3) is 2.78. The van der Waals surface area contributed by atoms with Crippen molar-refractivity contribution < 1.29 is 0 Å². The smallest absolute Gasteiger partial charge is 0.0662 e. The van der Waals surface area contributed by atoms with Crippen molar-refractivity contribution >= 4 is 0 Å².